The summed E-state index contributed by atoms with van der Waals surface area (Å²) in [5.41, 5.74) is 0.949. The van der Waals surface area contributed by atoms with Crippen LogP contribution in [0.15, 0.2) is 78.0 Å². The van der Waals surface area contributed by atoms with E-state index in [9.17, 15) is 0 Å². The van der Waals surface area contributed by atoms with E-state index in [1.54, 1.807) is 16.4 Å². The lowest BCUT2D eigenvalue weighted by atomic mass is 10.1. The van der Waals surface area contributed by atoms with Gasteiger partial charge in [-0.1, -0.05) is 60.3 Å². The van der Waals surface area contributed by atoms with E-state index in [0.29, 0.717) is 6.61 Å². The molecule has 0 bridgehead atoms. The van der Waals surface area contributed by atoms with Crippen molar-refractivity contribution in [3.05, 3.63) is 72.8 Å². The van der Waals surface area contributed by atoms with Crippen molar-refractivity contribution in [3.63, 3.8) is 0 Å². The van der Waals surface area contributed by atoms with Crippen molar-refractivity contribution in [2.45, 2.75) is 5.16 Å². The number of rotatable bonds is 6. The molecule has 1 aromatic heterocycles. The summed E-state index contributed by atoms with van der Waals surface area (Å²) in [7, 11) is 0. The van der Waals surface area contributed by atoms with Crippen molar-refractivity contribution in [3.8, 4) is 11.4 Å². The van der Waals surface area contributed by atoms with Crippen molar-refractivity contribution in [1.82, 2.24) is 20.2 Å². The normalized spacial score (nSPS) is 10.9. The van der Waals surface area contributed by atoms with Gasteiger partial charge < -0.3 is 4.74 Å². The Balaban J connectivity index is 1.36. The molecule has 0 fully saturated rings. The first kappa shape index (κ1) is 15.7. The van der Waals surface area contributed by atoms with Crippen LogP contribution in [0.25, 0.3) is 16.5 Å². The average Bonchev–Trinajstić information content (AvgIpc) is 3.14. The Morgan fingerprint density at radius 3 is 2.56 bits per heavy atom. The maximum Gasteiger partial charge on any atom is 0.214 e. The van der Waals surface area contributed by atoms with E-state index < -0.39 is 0 Å². The van der Waals surface area contributed by atoms with Crippen molar-refractivity contribution < 1.29 is 4.74 Å². The third kappa shape index (κ3) is 3.64. The average molecular weight is 348 g/mol. The van der Waals surface area contributed by atoms with Crippen LogP contribution in [0, 0.1) is 0 Å². The summed E-state index contributed by atoms with van der Waals surface area (Å²) in [6.07, 6.45) is 0. The third-order valence-electron chi connectivity index (χ3n) is 3.75. The zero-order valence-corrected chi connectivity index (χ0v) is 14.3. The topological polar surface area (TPSA) is 52.8 Å². The summed E-state index contributed by atoms with van der Waals surface area (Å²) >= 11 is 1.57. The van der Waals surface area contributed by atoms with E-state index in [1.807, 2.05) is 48.5 Å². The number of hydrogen-bond donors (Lipinski definition) is 0. The summed E-state index contributed by atoms with van der Waals surface area (Å²) in [4.78, 5) is 0. The second-order valence-electron chi connectivity index (χ2n) is 5.41. The first-order valence-corrected chi connectivity index (χ1v) is 8.97. The highest BCUT2D eigenvalue weighted by Crippen LogP contribution is 2.22. The number of para-hydroxylation sites is 1. The van der Waals surface area contributed by atoms with Gasteiger partial charge in [0.05, 0.1) is 12.3 Å². The van der Waals surface area contributed by atoms with Crippen LogP contribution in [0.5, 0.6) is 5.75 Å². The van der Waals surface area contributed by atoms with Crippen molar-refractivity contribution >= 4 is 22.5 Å². The Labute approximate surface area is 149 Å². The molecule has 0 amide bonds. The van der Waals surface area contributed by atoms with E-state index in [-0.39, 0.29) is 0 Å². The van der Waals surface area contributed by atoms with Gasteiger partial charge in [0.15, 0.2) is 0 Å². The fourth-order valence-corrected chi connectivity index (χ4v) is 3.26. The molecule has 0 saturated heterocycles. The molecule has 5 nitrogen and oxygen atoms in total. The van der Waals surface area contributed by atoms with Crippen molar-refractivity contribution in [2.24, 2.45) is 0 Å². The minimum Gasteiger partial charge on any atom is -0.493 e. The number of fused-ring (bicyclic) bond motifs is 1. The molecule has 0 aliphatic heterocycles. The molecule has 3 aromatic carbocycles. The Bertz CT molecular complexity index is 971. The minimum atomic E-state index is 0.588. The van der Waals surface area contributed by atoms with E-state index in [2.05, 4.69) is 39.8 Å². The van der Waals surface area contributed by atoms with E-state index in [4.69, 9.17) is 4.74 Å². The van der Waals surface area contributed by atoms with E-state index >= 15 is 0 Å². The summed E-state index contributed by atoms with van der Waals surface area (Å²) in [6.45, 7) is 0.588. The first-order chi connectivity index (χ1) is 12.4. The van der Waals surface area contributed by atoms with Gasteiger partial charge in [-0.25, -0.2) is 0 Å². The maximum atomic E-state index is 5.86. The second-order valence-corrected chi connectivity index (χ2v) is 6.48. The first-order valence-electron chi connectivity index (χ1n) is 7.98. The number of benzene rings is 3. The Hall–Kier alpha value is -2.86. The fourth-order valence-electron chi connectivity index (χ4n) is 2.55. The zero-order chi connectivity index (χ0) is 16.9. The monoisotopic (exact) mass is 348 g/mol. The highest BCUT2D eigenvalue weighted by molar-refractivity contribution is 7.99. The standard InChI is InChI=1S/C19H16N4OS/c1-2-8-17(9-3-1)23-19(20-21-22-23)25-13-12-24-18-11-10-15-6-4-5-7-16(15)14-18/h1-11,14H,12-13H2. The quantitative estimate of drug-likeness (QED) is 0.390. The number of aromatic nitrogens is 4. The molecule has 6 heteroatoms. The lowest BCUT2D eigenvalue weighted by molar-refractivity contribution is 0.344. The maximum absolute atomic E-state index is 5.86. The van der Waals surface area contributed by atoms with Crippen molar-refractivity contribution in [1.29, 1.82) is 0 Å². The molecule has 1 heterocycles. The Kier molecular flexibility index (Phi) is 4.61. The predicted octanol–water partition coefficient (Wildman–Crippen LogP) is 3.99. The predicted molar refractivity (Wildman–Crippen MR) is 99.3 cm³/mol. The number of nitrogens with zero attached hydrogens (tertiary/aromatic N) is 4. The highest BCUT2D eigenvalue weighted by atomic mass is 32.2. The second kappa shape index (κ2) is 7.36. The van der Waals surface area contributed by atoms with Gasteiger partial charge in [0.25, 0.3) is 0 Å². The lowest BCUT2D eigenvalue weighted by Crippen LogP contribution is -2.03. The molecule has 0 aliphatic rings. The summed E-state index contributed by atoms with van der Waals surface area (Å²) in [5.74, 6) is 1.64. The van der Waals surface area contributed by atoms with Gasteiger partial charge in [0.1, 0.15) is 5.75 Å². The van der Waals surface area contributed by atoms with Gasteiger partial charge in [-0.2, -0.15) is 4.68 Å². The van der Waals surface area contributed by atoms with Crippen LogP contribution >= 0.6 is 11.8 Å². The number of hydrogen-bond acceptors (Lipinski definition) is 5. The summed E-state index contributed by atoms with van der Waals surface area (Å²) < 4.78 is 7.60. The van der Waals surface area contributed by atoms with Gasteiger partial charge in [-0.15, -0.1) is 5.10 Å². The van der Waals surface area contributed by atoms with Gasteiger partial charge in [0.2, 0.25) is 5.16 Å². The molecule has 0 N–H and O–H groups in total. The number of tetrazole rings is 1. The number of thioether (sulfide) groups is 1. The summed E-state index contributed by atoms with van der Waals surface area (Å²) in [6, 6.07) is 24.3. The van der Waals surface area contributed by atoms with Gasteiger partial charge in [-0.05, 0) is 45.5 Å². The highest BCUT2D eigenvalue weighted by Gasteiger charge is 2.08. The van der Waals surface area contributed by atoms with Gasteiger partial charge in [0, 0.05) is 5.75 Å². The molecule has 4 aromatic rings. The van der Waals surface area contributed by atoms with Crippen LogP contribution < -0.4 is 4.74 Å². The van der Waals surface area contributed by atoms with Crippen LogP contribution in [0.2, 0.25) is 0 Å². The van der Waals surface area contributed by atoms with Gasteiger partial charge >= 0.3 is 0 Å². The SMILES string of the molecule is c1ccc(-n2nnnc2SCCOc2ccc3ccccc3c2)cc1. The van der Waals surface area contributed by atoms with E-state index in [1.165, 1.54) is 10.8 Å². The molecule has 25 heavy (non-hydrogen) atoms. The minimum absolute atomic E-state index is 0.588. The van der Waals surface area contributed by atoms with Gasteiger partial charge in [-0.3, -0.25) is 0 Å². The molecule has 0 saturated carbocycles. The number of ether oxygens (including phenoxy) is 1. The van der Waals surface area contributed by atoms with Crippen LogP contribution in [0.1, 0.15) is 0 Å². The van der Waals surface area contributed by atoms with Crippen molar-refractivity contribution in [2.75, 3.05) is 12.4 Å². The Morgan fingerprint density at radius 1 is 0.880 bits per heavy atom. The van der Waals surface area contributed by atoms with Crippen LogP contribution in [0.4, 0.5) is 0 Å². The molecule has 4 rings (SSSR count). The largest absolute Gasteiger partial charge is 0.493 e. The zero-order valence-electron chi connectivity index (χ0n) is 13.4. The molecule has 0 aliphatic carbocycles. The fraction of sp³-hybridized carbons (Fsp3) is 0.105. The molecule has 0 unspecified atom stereocenters. The van der Waals surface area contributed by atoms with Crippen LogP contribution in [-0.4, -0.2) is 32.6 Å². The van der Waals surface area contributed by atoms with Crippen LogP contribution in [0.3, 0.4) is 0 Å². The molecular formula is C19H16N4OS. The van der Waals surface area contributed by atoms with E-state index in [0.717, 1.165) is 22.3 Å². The molecular weight excluding hydrogens is 332 g/mol. The molecule has 124 valence electrons. The lowest BCUT2D eigenvalue weighted by Gasteiger charge is -2.07. The molecule has 0 atom stereocenters. The molecule has 0 spiro atoms. The van der Waals surface area contributed by atoms with Crippen LogP contribution in [-0.2, 0) is 0 Å². The molecule has 0 radical (unpaired) electrons. The third-order valence-corrected chi connectivity index (χ3v) is 4.63. The Morgan fingerprint density at radius 2 is 1.68 bits per heavy atom. The smallest absolute Gasteiger partial charge is 0.214 e. The summed E-state index contributed by atoms with van der Waals surface area (Å²) in [5, 5.41) is 15.1.